The molecule has 2 bridgehead atoms. The molecule has 2 saturated carbocycles. The van der Waals surface area contributed by atoms with Gasteiger partial charge in [0.25, 0.3) is 5.91 Å². The zero-order valence-electron chi connectivity index (χ0n) is 39.4. The number of carboxylic acids is 1. The number of hydrogen-bond acceptors (Lipinski definition) is 10. The molecule has 2 aromatic heterocycles. The van der Waals surface area contributed by atoms with Gasteiger partial charge in [-0.2, -0.15) is 0 Å². The van der Waals surface area contributed by atoms with E-state index in [0.29, 0.717) is 53.0 Å². The van der Waals surface area contributed by atoms with Gasteiger partial charge in [-0.25, -0.2) is 14.8 Å². The number of carbonyl (C=O) groups excluding carboxylic acids is 2. The van der Waals surface area contributed by atoms with Crippen LogP contribution in [0.25, 0.3) is 15.8 Å². The number of rotatable bonds is 16. The minimum atomic E-state index is -0.942. The second-order valence-electron chi connectivity index (χ2n) is 20.0. The summed E-state index contributed by atoms with van der Waals surface area (Å²) in [6, 6.07) is 17.5. The Morgan fingerprint density at radius 1 is 0.875 bits per heavy atom. The number of pyridine rings is 1. The molecular weight excluding hydrogens is 821 g/mol. The Bertz CT molecular complexity index is 2330. The number of aromatic nitrogens is 2. The third-order valence-corrected chi connectivity index (χ3v) is 14.2. The number of carbonyl (C=O) groups is 3. The number of nitrogens with two attached hydrogens (primary N) is 1. The quantitative estimate of drug-likeness (QED) is 0.0565. The van der Waals surface area contributed by atoms with E-state index in [0.717, 1.165) is 65.6 Å². The summed E-state index contributed by atoms with van der Waals surface area (Å²) in [6.07, 6.45) is 15.3. The zero-order valence-corrected chi connectivity index (χ0v) is 40.3. The van der Waals surface area contributed by atoms with Crippen molar-refractivity contribution in [1.82, 2.24) is 9.97 Å². The molecule has 344 valence electrons. The predicted octanol–water partition coefficient (Wildman–Crippen LogP) is 11.7. The average Bonchev–Trinajstić information content (AvgIpc) is 3.65. The molecule has 2 fully saturated rings. The Balaban J connectivity index is 0.000000776. The second kappa shape index (κ2) is 20.5. The van der Waals surface area contributed by atoms with Crippen LogP contribution in [0.4, 0.5) is 10.9 Å². The van der Waals surface area contributed by atoms with E-state index in [2.05, 4.69) is 62.8 Å². The molecule has 0 saturated heterocycles. The fourth-order valence-electron chi connectivity index (χ4n) is 11.7. The SMILES string of the molecule is CC(=O)c1nc(N2CCc3cccc(C(=O)Nc4nc5ccccc5s4)c3C2)ccc1/C(=C/N)C(C)=NCC1(C)CC2(C)CC(C)(C1)CC(C)(OCC(=O)O)C2.CCCCCCCC. The topological polar surface area (TPSA) is 160 Å². The summed E-state index contributed by atoms with van der Waals surface area (Å²) in [5, 5.41) is 12.8. The molecule has 2 unspecified atom stereocenters. The summed E-state index contributed by atoms with van der Waals surface area (Å²) in [4.78, 5) is 54.9. The van der Waals surface area contributed by atoms with Crippen molar-refractivity contribution in [2.75, 3.05) is 29.9 Å². The molecule has 11 nitrogen and oxygen atoms in total. The lowest BCUT2D eigenvalue weighted by molar-refractivity contribution is -0.178. The smallest absolute Gasteiger partial charge is 0.329 e. The first-order valence-electron chi connectivity index (χ1n) is 23.2. The highest BCUT2D eigenvalue weighted by Crippen LogP contribution is 2.64. The van der Waals surface area contributed by atoms with Gasteiger partial charge in [-0.1, -0.05) is 109 Å². The number of carboxylic acid groups (broad SMARTS) is 1. The van der Waals surface area contributed by atoms with Gasteiger partial charge in [0.05, 0.1) is 15.8 Å². The number of hydrogen-bond donors (Lipinski definition) is 3. The van der Waals surface area contributed by atoms with Gasteiger partial charge in [0.2, 0.25) is 0 Å². The summed E-state index contributed by atoms with van der Waals surface area (Å²) in [6.45, 7) is 18.4. The molecule has 2 aliphatic carbocycles. The molecule has 12 heteroatoms. The third-order valence-electron chi connectivity index (χ3n) is 13.3. The number of allylic oxidation sites excluding steroid dienone is 1. The number of benzene rings is 2. The van der Waals surface area contributed by atoms with Crippen molar-refractivity contribution in [2.45, 2.75) is 145 Å². The van der Waals surface area contributed by atoms with Crippen molar-refractivity contribution in [3.8, 4) is 0 Å². The molecule has 4 N–H and O–H groups in total. The lowest BCUT2D eigenvalue weighted by Gasteiger charge is -2.60. The molecule has 0 spiro atoms. The molecule has 3 heterocycles. The first kappa shape index (κ1) is 48.5. The number of para-hydroxylation sites is 1. The summed E-state index contributed by atoms with van der Waals surface area (Å²) in [5.41, 5.74) is 11.5. The molecular formula is C52H70N6O5S. The highest BCUT2D eigenvalue weighted by molar-refractivity contribution is 7.22. The number of aliphatic carboxylic acids is 1. The van der Waals surface area contributed by atoms with Gasteiger partial charge in [0.15, 0.2) is 10.9 Å². The number of amides is 1. The molecule has 3 aliphatic rings. The van der Waals surface area contributed by atoms with Crippen LogP contribution in [0.1, 0.15) is 164 Å². The number of nitrogens with zero attached hydrogens (tertiary/aromatic N) is 4. The maximum Gasteiger partial charge on any atom is 0.329 e. The van der Waals surface area contributed by atoms with E-state index in [1.54, 1.807) is 0 Å². The van der Waals surface area contributed by atoms with Gasteiger partial charge in [0.1, 0.15) is 18.1 Å². The Kier molecular flexibility index (Phi) is 15.5. The van der Waals surface area contributed by atoms with Crippen LogP contribution >= 0.6 is 11.3 Å². The fraction of sp³-hybridized carbons (Fsp3) is 0.538. The normalized spacial score (nSPS) is 24.4. The number of anilines is 2. The highest BCUT2D eigenvalue weighted by Gasteiger charge is 2.57. The molecule has 4 aromatic rings. The maximum atomic E-state index is 13.6. The van der Waals surface area contributed by atoms with Crippen LogP contribution in [0.2, 0.25) is 0 Å². The van der Waals surface area contributed by atoms with E-state index in [1.807, 2.05) is 55.5 Å². The highest BCUT2D eigenvalue weighted by atomic mass is 32.1. The number of ether oxygens (including phenoxy) is 1. The van der Waals surface area contributed by atoms with Gasteiger partial charge in [-0.3, -0.25) is 19.9 Å². The summed E-state index contributed by atoms with van der Waals surface area (Å²) in [7, 11) is 0. The van der Waals surface area contributed by atoms with Gasteiger partial charge in [-0.05, 0) is 110 Å². The first-order valence-corrected chi connectivity index (χ1v) is 24.1. The number of Topliss-reactive ketones (excluding diaryl/α,β-unsaturated/α-hetero) is 1. The average molecular weight is 891 g/mol. The number of ketones is 1. The number of thiazole rings is 1. The van der Waals surface area contributed by atoms with E-state index >= 15 is 0 Å². The number of aliphatic imine (C=N–C) groups is 1. The van der Waals surface area contributed by atoms with Crippen molar-refractivity contribution in [3.05, 3.63) is 88.7 Å². The van der Waals surface area contributed by atoms with Gasteiger partial charge >= 0.3 is 5.97 Å². The molecule has 64 heavy (non-hydrogen) atoms. The Morgan fingerprint density at radius 2 is 1.56 bits per heavy atom. The lowest BCUT2D eigenvalue weighted by Crippen LogP contribution is -2.55. The minimum absolute atomic E-state index is 0.0132. The van der Waals surface area contributed by atoms with Crippen molar-refractivity contribution < 1.29 is 24.2 Å². The van der Waals surface area contributed by atoms with Crippen LogP contribution in [-0.4, -0.2) is 63.7 Å². The van der Waals surface area contributed by atoms with E-state index < -0.39 is 11.6 Å². The number of fused-ring (bicyclic) bond motifs is 4. The van der Waals surface area contributed by atoms with E-state index in [9.17, 15) is 19.5 Å². The van der Waals surface area contributed by atoms with E-state index in [-0.39, 0.29) is 34.5 Å². The van der Waals surface area contributed by atoms with Gasteiger partial charge < -0.3 is 20.5 Å². The third kappa shape index (κ3) is 11.8. The maximum absolute atomic E-state index is 13.6. The van der Waals surface area contributed by atoms with Gasteiger partial charge in [0, 0.05) is 55.2 Å². The molecule has 0 radical (unpaired) electrons. The number of nitrogens with one attached hydrogen (secondary N) is 1. The lowest BCUT2D eigenvalue weighted by atomic mass is 9.47. The van der Waals surface area contributed by atoms with E-state index in [1.165, 1.54) is 63.0 Å². The summed E-state index contributed by atoms with van der Waals surface area (Å²) < 4.78 is 7.00. The van der Waals surface area contributed by atoms with Crippen LogP contribution in [0.15, 0.2) is 65.8 Å². The number of unbranched alkanes of at least 4 members (excludes halogenated alkanes) is 5. The van der Waals surface area contributed by atoms with Crippen molar-refractivity contribution in [2.24, 2.45) is 27.0 Å². The molecule has 7 rings (SSSR count). The van der Waals surface area contributed by atoms with Crippen LogP contribution in [0.5, 0.6) is 0 Å². The minimum Gasteiger partial charge on any atom is -0.480 e. The second-order valence-corrected chi connectivity index (χ2v) is 21.1. The largest absolute Gasteiger partial charge is 0.480 e. The molecule has 2 aromatic carbocycles. The summed E-state index contributed by atoms with van der Waals surface area (Å²) in [5.74, 6) is -0.676. The monoisotopic (exact) mass is 891 g/mol. The zero-order chi connectivity index (χ0) is 46.3. The first-order chi connectivity index (χ1) is 30.4. The van der Waals surface area contributed by atoms with Crippen molar-refractivity contribution in [1.29, 1.82) is 0 Å². The van der Waals surface area contributed by atoms with Crippen molar-refractivity contribution >= 4 is 61.4 Å². The fourth-order valence-corrected chi connectivity index (χ4v) is 12.6. The molecule has 1 aliphatic heterocycles. The van der Waals surface area contributed by atoms with Crippen molar-refractivity contribution in [3.63, 3.8) is 0 Å². The molecule has 1 amide bonds. The Labute approximate surface area is 384 Å². The Morgan fingerprint density at radius 3 is 2.19 bits per heavy atom. The predicted molar refractivity (Wildman–Crippen MR) is 262 cm³/mol. The van der Waals surface area contributed by atoms with Crippen LogP contribution in [0.3, 0.4) is 0 Å². The van der Waals surface area contributed by atoms with Crippen LogP contribution in [-0.2, 0) is 22.5 Å². The van der Waals surface area contributed by atoms with Crippen LogP contribution in [0, 0.1) is 16.2 Å². The van der Waals surface area contributed by atoms with Crippen LogP contribution < -0.4 is 16.0 Å². The van der Waals surface area contributed by atoms with E-state index in [4.69, 9.17) is 20.4 Å². The summed E-state index contributed by atoms with van der Waals surface area (Å²) >= 11 is 1.44. The standard InChI is InChI=1S/C44H52N6O5S.C8H18/c1-27(46-26-43(5)22-41(3)21-42(4,23-43)25-44(6,24-41)55-20-37(52)53)32(18-45)30-14-15-36(48-38(30)28(2)51)50-17-16-29-10-9-11-31(33(29)19-50)39(54)49-40-47-34-12-7-8-13-35(34)56-40;1-3-5-7-8-6-4-2/h7-15,18H,16-17,19-26,45H2,1-6H3,(H,52,53)(H,47,49,54);3-8H2,1-2H3/b32-18+,46-27?;. The van der Waals surface area contributed by atoms with Gasteiger partial charge in [-0.15, -0.1) is 0 Å². The molecule has 2 atom stereocenters. The Hall–Kier alpha value is -4.94.